The van der Waals surface area contributed by atoms with Gasteiger partial charge in [-0.05, 0) is 30.7 Å². The number of hydrogen-bond donors (Lipinski definition) is 1. The monoisotopic (exact) mass is 427 g/mol. The van der Waals surface area contributed by atoms with Crippen molar-refractivity contribution in [2.45, 2.75) is 64.2 Å². The van der Waals surface area contributed by atoms with Crippen LogP contribution in [0.25, 0.3) is 0 Å². The molecule has 1 aliphatic heterocycles. The zero-order valence-electron chi connectivity index (χ0n) is 18.3. The fourth-order valence-electron chi connectivity index (χ4n) is 3.38. The molecule has 0 aliphatic carbocycles. The molecule has 0 radical (unpaired) electrons. The number of rotatable bonds is 13. The van der Waals surface area contributed by atoms with Crippen LogP contribution in [0.5, 0.6) is 0 Å². The highest BCUT2D eigenvalue weighted by Gasteiger charge is 2.39. The molecule has 3 rings (SSSR count). The topological polar surface area (TPSA) is 124 Å². The van der Waals surface area contributed by atoms with Crippen LogP contribution in [0.4, 0.5) is 0 Å². The van der Waals surface area contributed by atoms with Crippen LogP contribution in [-0.2, 0) is 23.1 Å². The predicted octanol–water partition coefficient (Wildman–Crippen LogP) is 1.70. The Morgan fingerprint density at radius 1 is 1.39 bits per heavy atom. The molecule has 1 unspecified atom stereocenters. The lowest BCUT2D eigenvalue weighted by molar-refractivity contribution is -0.143. The first-order valence-corrected chi connectivity index (χ1v) is 10.5. The summed E-state index contributed by atoms with van der Waals surface area (Å²) in [7, 11) is 1.96. The number of nitrogens with zero attached hydrogens (tertiary/aromatic N) is 8. The molecule has 2 aromatic heterocycles. The van der Waals surface area contributed by atoms with Gasteiger partial charge in [-0.1, -0.05) is 0 Å². The smallest absolute Gasteiger partial charge is 0.305 e. The van der Waals surface area contributed by atoms with E-state index in [0.29, 0.717) is 44.8 Å². The Labute approximate surface area is 181 Å². The van der Waals surface area contributed by atoms with E-state index in [2.05, 4.69) is 42.0 Å². The molecular weight excluding hydrogens is 398 g/mol. The molecule has 0 amide bonds. The van der Waals surface area contributed by atoms with Crippen LogP contribution >= 0.6 is 0 Å². The van der Waals surface area contributed by atoms with E-state index in [0.717, 1.165) is 24.4 Å². The molecule has 1 aliphatic rings. The molecular formula is C20H29N9O2. The molecule has 0 aromatic carbocycles. The molecule has 0 spiro atoms. The van der Waals surface area contributed by atoms with Crippen LogP contribution in [0.2, 0.25) is 0 Å². The second-order valence-corrected chi connectivity index (χ2v) is 7.48. The molecule has 0 saturated carbocycles. The second kappa shape index (κ2) is 10.3. The van der Waals surface area contributed by atoms with Gasteiger partial charge in [0.2, 0.25) is 0 Å². The highest BCUT2D eigenvalue weighted by molar-refractivity contribution is 5.69. The summed E-state index contributed by atoms with van der Waals surface area (Å²) in [4.78, 5) is 16.1. The van der Waals surface area contributed by atoms with Crippen LogP contribution < -0.4 is 5.32 Å². The summed E-state index contributed by atoms with van der Waals surface area (Å²) in [6, 6.07) is -0.271. The van der Waals surface area contributed by atoms with Crippen molar-refractivity contribution >= 4 is 5.97 Å². The van der Waals surface area contributed by atoms with Crippen molar-refractivity contribution in [1.29, 1.82) is 0 Å². The Bertz CT molecular complexity index is 950. The number of carbonyl (C=O) groups is 1. The van der Waals surface area contributed by atoms with Gasteiger partial charge in [-0.3, -0.25) is 4.79 Å². The summed E-state index contributed by atoms with van der Waals surface area (Å²) >= 11 is 0. The Kier molecular flexibility index (Phi) is 7.46. The number of carbonyl (C=O) groups excluding carboxylic acids is 1. The van der Waals surface area contributed by atoms with Crippen molar-refractivity contribution in [2.24, 2.45) is 17.3 Å². The number of aromatic nitrogens is 6. The van der Waals surface area contributed by atoms with Crippen LogP contribution in [-0.4, -0.2) is 54.5 Å². The maximum Gasteiger partial charge on any atom is 0.305 e. The zero-order valence-corrected chi connectivity index (χ0v) is 18.3. The van der Waals surface area contributed by atoms with E-state index in [9.17, 15) is 4.79 Å². The lowest BCUT2D eigenvalue weighted by atomic mass is 10.0. The number of ether oxygens (including phenoxy) is 1. The lowest BCUT2D eigenvalue weighted by Gasteiger charge is -2.20. The van der Waals surface area contributed by atoms with Crippen LogP contribution in [0, 0.1) is 19.3 Å². The van der Waals surface area contributed by atoms with Gasteiger partial charge in [0.1, 0.15) is 11.9 Å². The van der Waals surface area contributed by atoms with Crippen LogP contribution in [0.3, 0.4) is 0 Å². The van der Waals surface area contributed by atoms with Crippen molar-refractivity contribution in [3.8, 4) is 12.3 Å². The SMILES string of the molecule is C#CCCC1(CCNC(c2nnnn2CCCC(=O)OCC)c2cnc(C)n2C)N=N1. The summed E-state index contributed by atoms with van der Waals surface area (Å²) in [6.07, 6.45) is 10.3. The van der Waals surface area contributed by atoms with Crippen molar-refractivity contribution < 1.29 is 9.53 Å². The fourth-order valence-corrected chi connectivity index (χ4v) is 3.38. The molecule has 0 fully saturated rings. The highest BCUT2D eigenvalue weighted by atomic mass is 16.5. The molecule has 166 valence electrons. The van der Waals surface area contributed by atoms with E-state index < -0.39 is 0 Å². The summed E-state index contributed by atoms with van der Waals surface area (Å²) < 4.78 is 8.72. The van der Waals surface area contributed by atoms with Gasteiger partial charge in [0, 0.05) is 45.8 Å². The minimum Gasteiger partial charge on any atom is -0.466 e. The standard InChI is InChI=1S/C20H29N9O2/c1-5-7-10-20(24-25-20)11-12-21-18(16-14-22-15(3)28(16)4)19-23-26-27-29(19)13-8-9-17(30)31-6-2/h1,14,18,21H,6-13H2,2-4H3. The number of esters is 1. The van der Waals surface area contributed by atoms with E-state index in [4.69, 9.17) is 11.2 Å². The molecule has 0 saturated heterocycles. The minimum absolute atomic E-state index is 0.219. The number of hydrogen-bond acceptors (Lipinski definition) is 9. The highest BCUT2D eigenvalue weighted by Crippen LogP contribution is 2.36. The summed E-state index contributed by atoms with van der Waals surface area (Å²) in [5.41, 5.74) is 0.582. The molecule has 11 heteroatoms. The predicted molar refractivity (Wildman–Crippen MR) is 112 cm³/mol. The molecule has 1 atom stereocenters. The van der Waals surface area contributed by atoms with Gasteiger partial charge in [0.25, 0.3) is 0 Å². The summed E-state index contributed by atoms with van der Waals surface area (Å²) in [5, 5.41) is 24.2. The normalized spacial score (nSPS) is 14.9. The quantitative estimate of drug-likeness (QED) is 0.381. The van der Waals surface area contributed by atoms with Crippen LogP contribution in [0.15, 0.2) is 16.4 Å². The van der Waals surface area contributed by atoms with E-state index in [1.165, 1.54) is 0 Å². The van der Waals surface area contributed by atoms with Gasteiger partial charge in [0.15, 0.2) is 11.5 Å². The number of tetrazole rings is 1. The van der Waals surface area contributed by atoms with Gasteiger partial charge in [-0.25, -0.2) is 9.67 Å². The van der Waals surface area contributed by atoms with Crippen LogP contribution in [0.1, 0.15) is 62.4 Å². The van der Waals surface area contributed by atoms with Crippen molar-refractivity contribution in [3.05, 3.63) is 23.5 Å². The Balaban J connectivity index is 1.69. The third kappa shape index (κ3) is 5.73. The van der Waals surface area contributed by atoms with Gasteiger partial charge >= 0.3 is 5.97 Å². The van der Waals surface area contributed by atoms with Crippen molar-refractivity contribution in [3.63, 3.8) is 0 Å². The van der Waals surface area contributed by atoms with E-state index in [1.54, 1.807) is 11.6 Å². The molecule has 3 heterocycles. The third-order valence-corrected chi connectivity index (χ3v) is 5.35. The van der Waals surface area contributed by atoms with Gasteiger partial charge in [-0.2, -0.15) is 10.2 Å². The average molecular weight is 428 g/mol. The maximum atomic E-state index is 11.6. The average Bonchev–Trinajstić information content (AvgIpc) is 3.24. The number of aryl methyl sites for hydroxylation is 2. The molecule has 1 N–H and O–H groups in total. The fraction of sp³-hybridized carbons (Fsp3) is 0.650. The van der Waals surface area contributed by atoms with E-state index >= 15 is 0 Å². The van der Waals surface area contributed by atoms with E-state index in [-0.39, 0.29) is 17.7 Å². The number of terminal acetylenes is 1. The first-order chi connectivity index (χ1) is 15.0. The van der Waals surface area contributed by atoms with Crippen molar-refractivity contribution in [1.82, 2.24) is 35.1 Å². The van der Waals surface area contributed by atoms with Gasteiger partial charge in [0.05, 0.1) is 18.5 Å². The second-order valence-electron chi connectivity index (χ2n) is 7.48. The lowest BCUT2D eigenvalue weighted by Crippen LogP contribution is -2.31. The third-order valence-electron chi connectivity index (χ3n) is 5.35. The molecule has 0 bridgehead atoms. The molecule has 11 nitrogen and oxygen atoms in total. The Morgan fingerprint density at radius 2 is 2.19 bits per heavy atom. The zero-order chi connectivity index (χ0) is 22.3. The maximum absolute atomic E-state index is 11.6. The number of nitrogens with one attached hydrogen (secondary N) is 1. The number of imidazole rings is 1. The first-order valence-electron chi connectivity index (χ1n) is 10.5. The molecule has 31 heavy (non-hydrogen) atoms. The van der Waals surface area contributed by atoms with Crippen molar-refractivity contribution in [2.75, 3.05) is 13.2 Å². The van der Waals surface area contributed by atoms with Gasteiger partial charge in [-0.15, -0.1) is 17.4 Å². The van der Waals surface area contributed by atoms with E-state index in [1.807, 2.05) is 24.7 Å². The largest absolute Gasteiger partial charge is 0.466 e. The minimum atomic E-state index is -0.363. The summed E-state index contributed by atoms with van der Waals surface area (Å²) in [6.45, 7) is 5.28. The first kappa shape index (κ1) is 22.6. The van der Waals surface area contributed by atoms with Gasteiger partial charge < -0.3 is 14.6 Å². The Morgan fingerprint density at radius 3 is 2.84 bits per heavy atom. The summed E-state index contributed by atoms with van der Waals surface area (Å²) in [5.74, 6) is 3.98. The Hall–Kier alpha value is -3.13. The molecule has 2 aromatic rings.